The van der Waals surface area contributed by atoms with Gasteiger partial charge in [0.2, 0.25) is 5.60 Å². The second-order valence-electron chi connectivity index (χ2n) is 15.1. The van der Waals surface area contributed by atoms with E-state index in [4.69, 9.17) is 9.47 Å². The number of hydrogen-bond donors (Lipinski definition) is 1. The molecule has 4 heterocycles. The highest BCUT2D eigenvalue weighted by atomic mass is 32.1. The number of hydrogen-bond acceptors (Lipinski definition) is 8. The van der Waals surface area contributed by atoms with Gasteiger partial charge in [-0.05, 0) is 57.1 Å². The number of carbonyl (C=O) groups is 3. The monoisotopic (exact) mass is 838 g/mol. The summed E-state index contributed by atoms with van der Waals surface area (Å²) in [4.78, 5) is 46.2. The number of carbonyl (C=O) groups excluding carboxylic acids is 2. The van der Waals surface area contributed by atoms with Crippen LogP contribution in [0.3, 0.4) is 0 Å². The lowest BCUT2D eigenvalue weighted by Crippen LogP contribution is -2.68. The van der Waals surface area contributed by atoms with Gasteiger partial charge >= 0.3 is 18.3 Å². The number of pyridine rings is 1. The zero-order chi connectivity index (χ0) is 42.1. The molecule has 3 fully saturated rings. The first-order chi connectivity index (χ1) is 27.4. The average molecular weight is 839 g/mol. The van der Waals surface area contributed by atoms with Crippen molar-refractivity contribution in [3.05, 3.63) is 75.5 Å². The highest BCUT2D eigenvalue weighted by molar-refractivity contribution is 7.10. The fourth-order valence-electron chi connectivity index (χ4n) is 8.46. The summed E-state index contributed by atoms with van der Waals surface area (Å²) in [6, 6.07) is 6.53. The van der Waals surface area contributed by atoms with Gasteiger partial charge < -0.3 is 24.4 Å². The van der Waals surface area contributed by atoms with Crippen LogP contribution in [0, 0.1) is 22.6 Å². The number of benzene rings is 1. The lowest BCUT2D eigenvalue weighted by Gasteiger charge is -2.51. The maximum atomic E-state index is 15.4. The van der Waals surface area contributed by atoms with E-state index in [1.165, 1.54) is 17.0 Å². The highest BCUT2D eigenvalue weighted by Gasteiger charge is 2.57. The SMILES string of the molecule is CCC[C@H]1N(C(=O)c2cnccc2C(F)(F)F)CCC[C@@]1(Oc1csc(C(F)(F)F)c1)C(=O)N1CCC(C#N)(c2cccc(F)c2OCCC2(C(=O)O)CCC2)CC1. The van der Waals surface area contributed by atoms with Gasteiger partial charge in [0, 0.05) is 55.5 Å². The summed E-state index contributed by atoms with van der Waals surface area (Å²) in [7, 11) is 0. The number of ether oxygens (including phenoxy) is 2. The number of alkyl halides is 6. The molecule has 6 rings (SSSR count). The van der Waals surface area contributed by atoms with Crippen molar-refractivity contribution in [2.24, 2.45) is 5.41 Å². The van der Waals surface area contributed by atoms with Crippen molar-refractivity contribution in [2.45, 2.75) is 101 Å². The molecule has 1 aromatic carbocycles. The molecule has 1 aliphatic carbocycles. The molecule has 18 heteroatoms. The smallest absolute Gasteiger partial charge is 0.425 e. The van der Waals surface area contributed by atoms with Crippen LogP contribution in [-0.4, -0.2) is 75.6 Å². The highest BCUT2D eigenvalue weighted by Crippen LogP contribution is 2.47. The van der Waals surface area contributed by atoms with Crippen molar-refractivity contribution in [2.75, 3.05) is 26.2 Å². The average Bonchev–Trinajstić information content (AvgIpc) is 3.65. The molecule has 2 aromatic heterocycles. The van der Waals surface area contributed by atoms with Gasteiger partial charge in [-0.25, -0.2) is 4.39 Å². The number of para-hydroxylation sites is 1. The summed E-state index contributed by atoms with van der Waals surface area (Å²) in [5, 5.41) is 21.4. The predicted octanol–water partition coefficient (Wildman–Crippen LogP) is 8.65. The topological polar surface area (TPSA) is 133 Å². The third kappa shape index (κ3) is 8.06. The third-order valence-corrected chi connectivity index (χ3v) is 12.7. The van der Waals surface area contributed by atoms with Gasteiger partial charge in [-0.1, -0.05) is 31.9 Å². The maximum absolute atomic E-state index is 15.4. The molecular weight excluding hydrogens is 798 g/mol. The van der Waals surface area contributed by atoms with Crippen molar-refractivity contribution < 1.29 is 59.7 Å². The van der Waals surface area contributed by atoms with Gasteiger partial charge in [0.25, 0.3) is 11.8 Å². The molecular formula is C40H41F7N4O6S. The Bertz CT molecular complexity index is 2050. The van der Waals surface area contributed by atoms with Gasteiger partial charge in [-0.3, -0.25) is 19.4 Å². The first-order valence-corrected chi connectivity index (χ1v) is 19.8. The van der Waals surface area contributed by atoms with E-state index < -0.39 is 74.4 Å². The summed E-state index contributed by atoms with van der Waals surface area (Å²) in [5.41, 5.74) is -6.20. The lowest BCUT2D eigenvalue weighted by molar-refractivity contribution is -0.160. The summed E-state index contributed by atoms with van der Waals surface area (Å²) in [6.07, 6.45) is -6.01. The molecule has 0 unspecified atom stereocenters. The third-order valence-electron chi connectivity index (χ3n) is 11.8. The van der Waals surface area contributed by atoms with Crippen molar-refractivity contribution in [1.29, 1.82) is 5.26 Å². The second-order valence-corrected chi connectivity index (χ2v) is 16.0. The van der Waals surface area contributed by atoms with E-state index in [-0.39, 0.29) is 81.8 Å². The van der Waals surface area contributed by atoms with E-state index in [0.717, 1.165) is 41.2 Å². The zero-order valence-corrected chi connectivity index (χ0v) is 32.2. The Labute approximate surface area is 333 Å². The summed E-state index contributed by atoms with van der Waals surface area (Å²) < 4.78 is 111. The first kappa shape index (κ1) is 42.7. The van der Waals surface area contributed by atoms with Crippen molar-refractivity contribution in [3.63, 3.8) is 0 Å². The van der Waals surface area contributed by atoms with E-state index >= 15 is 9.18 Å². The quantitative estimate of drug-likeness (QED) is 0.179. The molecule has 3 aliphatic rings. The number of nitriles is 1. The van der Waals surface area contributed by atoms with Crippen LogP contribution in [-0.2, 0) is 27.4 Å². The van der Waals surface area contributed by atoms with Crippen LogP contribution in [0.4, 0.5) is 30.7 Å². The Morgan fingerprint density at radius 3 is 2.33 bits per heavy atom. The number of amides is 2. The van der Waals surface area contributed by atoms with Gasteiger partial charge in [0.05, 0.1) is 40.7 Å². The molecule has 2 amide bonds. The Morgan fingerprint density at radius 2 is 1.74 bits per heavy atom. The fourth-order valence-corrected chi connectivity index (χ4v) is 9.13. The normalized spacial score (nSPS) is 21.7. The summed E-state index contributed by atoms with van der Waals surface area (Å²) >= 11 is 0.333. The number of likely N-dealkylation sites (tertiary alicyclic amines) is 2. The van der Waals surface area contributed by atoms with Crippen LogP contribution in [0.15, 0.2) is 48.1 Å². The van der Waals surface area contributed by atoms with Gasteiger partial charge in [-0.2, -0.15) is 31.6 Å². The number of carboxylic acid groups (broad SMARTS) is 1. The number of halogens is 7. The first-order valence-electron chi connectivity index (χ1n) is 18.9. The molecule has 312 valence electrons. The van der Waals surface area contributed by atoms with Crippen LogP contribution in [0.25, 0.3) is 0 Å². The molecule has 1 N–H and O–H groups in total. The molecule has 3 aromatic rings. The number of rotatable bonds is 12. The second kappa shape index (κ2) is 16.4. The van der Waals surface area contributed by atoms with Crippen molar-refractivity contribution in [3.8, 4) is 17.6 Å². The van der Waals surface area contributed by atoms with E-state index in [1.807, 2.05) is 0 Å². The molecule has 2 saturated heterocycles. The predicted molar refractivity (Wildman–Crippen MR) is 194 cm³/mol. The number of thiophene rings is 1. The standard InChI is InChI=1S/C40H41F7N4O6S/c1-2-6-30-38(57-25-21-31(58-23-25)40(45,46)47,12-5-17-51(30)33(52)26-22-49-16-9-27(26)39(42,43)44)34(53)50-18-13-37(24-48,14-19-50)28-7-3-8-29(41)32(28)56-20-15-36(35(54)55)10-4-11-36/h3,7-9,16,21-23,30H,2,4-6,10-15,17-20H2,1H3,(H,54,55)/t30-,38+/m1/s1. The van der Waals surface area contributed by atoms with Crippen LogP contribution >= 0.6 is 11.3 Å². The lowest BCUT2D eigenvalue weighted by atomic mass is 9.67. The minimum atomic E-state index is -4.93. The Kier molecular flexibility index (Phi) is 12.1. The number of carboxylic acids is 1. The van der Waals surface area contributed by atoms with Gasteiger partial charge in [0.15, 0.2) is 11.6 Å². The van der Waals surface area contributed by atoms with Gasteiger partial charge in [0.1, 0.15) is 10.6 Å². The van der Waals surface area contributed by atoms with Gasteiger partial charge in [-0.15, -0.1) is 11.3 Å². The van der Waals surface area contributed by atoms with E-state index in [1.54, 1.807) is 6.92 Å². The molecule has 1 saturated carbocycles. The Morgan fingerprint density at radius 1 is 1.02 bits per heavy atom. The zero-order valence-electron chi connectivity index (χ0n) is 31.4. The van der Waals surface area contributed by atoms with Crippen LogP contribution in [0.5, 0.6) is 11.5 Å². The number of aromatic nitrogens is 1. The van der Waals surface area contributed by atoms with Crippen LogP contribution in [0.1, 0.15) is 97.5 Å². The molecule has 0 bridgehead atoms. The molecule has 0 spiro atoms. The summed E-state index contributed by atoms with van der Waals surface area (Å²) in [6.45, 7) is 1.27. The minimum Gasteiger partial charge on any atom is -0.490 e. The molecule has 2 atom stereocenters. The molecule has 10 nitrogen and oxygen atoms in total. The van der Waals surface area contributed by atoms with E-state index in [2.05, 4.69) is 11.1 Å². The largest absolute Gasteiger partial charge is 0.490 e. The minimum absolute atomic E-state index is 0.0263. The maximum Gasteiger partial charge on any atom is 0.425 e. The van der Waals surface area contributed by atoms with Crippen molar-refractivity contribution in [1.82, 2.24) is 14.8 Å². The Balaban J connectivity index is 1.32. The van der Waals surface area contributed by atoms with Crippen LogP contribution in [0.2, 0.25) is 0 Å². The number of aliphatic carboxylic acids is 1. The van der Waals surface area contributed by atoms with Crippen LogP contribution < -0.4 is 9.47 Å². The molecule has 2 aliphatic heterocycles. The fraction of sp³-hybridized carbons (Fsp3) is 0.525. The van der Waals surface area contributed by atoms with E-state index in [9.17, 15) is 46.3 Å². The summed E-state index contributed by atoms with van der Waals surface area (Å²) in [5.74, 6) is -4.05. The molecule has 0 radical (unpaired) electrons. The number of nitrogens with zero attached hydrogens (tertiary/aromatic N) is 4. The van der Waals surface area contributed by atoms with E-state index in [0.29, 0.717) is 36.7 Å². The number of piperidine rings is 2. The Hall–Kier alpha value is -4.92. The van der Waals surface area contributed by atoms with Crippen molar-refractivity contribution >= 4 is 29.1 Å². The molecule has 58 heavy (non-hydrogen) atoms.